The second-order valence-electron chi connectivity index (χ2n) is 3.39. The molecule has 1 N–H and O–H groups in total. The molecule has 0 radical (unpaired) electrons. The number of hydrogen-bond donors (Lipinski definition) is 1. The Morgan fingerprint density at radius 1 is 1.67 bits per heavy atom. The van der Waals surface area contributed by atoms with Gasteiger partial charge in [0, 0.05) is 24.7 Å². The molecule has 0 spiro atoms. The van der Waals surface area contributed by atoms with Crippen molar-refractivity contribution in [2.75, 3.05) is 0 Å². The summed E-state index contributed by atoms with van der Waals surface area (Å²) in [6.07, 6.45) is 4.42. The van der Waals surface area contributed by atoms with Crippen LogP contribution in [0.25, 0.3) is 0 Å². The molecule has 0 aliphatic carbocycles. The van der Waals surface area contributed by atoms with E-state index in [-0.39, 0.29) is 5.78 Å². The molecular weight excluding hydrogens is 152 g/mol. The number of carbonyl (C=O) groups excluding carboxylic acids is 1. The Hall–Kier alpha value is -1.12. The quantitative estimate of drug-likeness (QED) is 0.737. The van der Waals surface area contributed by atoms with Crippen molar-refractivity contribution in [1.29, 1.82) is 0 Å². The minimum atomic E-state index is 0.272. The van der Waals surface area contributed by atoms with Crippen LogP contribution in [0.1, 0.15) is 26.0 Å². The summed E-state index contributed by atoms with van der Waals surface area (Å²) >= 11 is 0. The number of ketones is 1. The van der Waals surface area contributed by atoms with Crippen molar-refractivity contribution in [3.8, 4) is 0 Å². The molecule has 0 unspecified atom stereocenters. The number of aromatic nitrogens is 2. The van der Waals surface area contributed by atoms with Gasteiger partial charge in [-0.25, -0.2) is 4.98 Å². The summed E-state index contributed by atoms with van der Waals surface area (Å²) in [5.41, 5.74) is 0.903. The molecule has 0 fully saturated rings. The molecule has 0 saturated heterocycles. The maximum absolute atomic E-state index is 11.3. The van der Waals surface area contributed by atoms with Crippen LogP contribution < -0.4 is 0 Å². The molecule has 1 heterocycles. The molecule has 1 aromatic rings. The molecule has 0 bridgehead atoms. The van der Waals surface area contributed by atoms with Gasteiger partial charge in [0.1, 0.15) is 5.78 Å². The largest absolute Gasteiger partial charge is 0.348 e. The van der Waals surface area contributed by atoms with E-state index >= 15 is 0 Å². The number of aromatic amines is 1. The first-order chi connectivity index (χ1) is 5.68. The fourth-order valence-electron chi connectivity index (χ4n) is 1.12. The Balaban J connectivity index is 2.37. The van der Waals surface area contributed by atoms with E-state index < -0.39 is 0 Å². The molecule has 3 heteroatoms. The van der Waals surface area contributed by atoms with E-state index in [2.05, 4.69) is 9.97 Å². The monoisotopic (exact) mass is 166 g/mol. The number of nitrogens with one attached hydrogen (secondary N) is 1. The van der Waals surface area contributed by atoms with Crippen molar-refractivity contribution >= 4 is 5.78 Å². The Kier molecular flexibility index (Phi) is 3.02. The molecule has 0 aromatic carbocycles. The number of imidazole rings is 1. The van der Waals surface area contributed by atoms with Crippen molar-refractivity contribution < 1.29 is 4.79 Å². The van der Waals surface area contributed by atoms with Crippen LogP contribution in [0.4, 0.5) is 0 Å². The number of hydrogen-bond acceptors (Lipinski definition) is 2. The van der Waals surface area contributed by atoms with Crippen molar-refractivity contribution in [1.82, 2.24) is 9.97 Å². The van der Waals surface area contributed by atoms with Crippen LogP contribution in [0.2, 0.25) is 0 Å². The zero-order valence-electron chi connectivity index (χ0n) is 7.50. The standard InChI is InChI=1S/C9H14N2O/c1-7(2)3-9(12)4-8-5-10-6-11-8/h5-7H,3-4H2,1-2H3,(H,10,11). The van der Waals surface area contributed by atoms with Crippen LogP contribution in [0.15, 0.2) is 12.5 Å². The summed E-state index contributed by atoms with van der Waals surface area (Å²) in [5.74, 6) is 0.717. The third-order valence-electron chi connectivity index (χ3n) is 1.58. The fraction of sp³-hybridized carbons (Fsp3) is 0.556. The number of rotatable bonds is 4. The lowest BCUT2D eigenvalue weighted by Gasteiger charge is -2.01. The zero-order valence-corrected chi connectivity index (χ0v) is 7.50. The van der Waals surface area contributed by atoms with E-state index in [1.54, 1.807) is 12.5 Å². The van der Waals surface area contributed by atoms with Crippen molar-refractivity contribution in [2.24, 2.45) is 5.92 Å². The number of carbonyl (C=O) groups is 1. The molecule has 0 aliphatic rings. The molecule has 0 aliphatic heterocycles. The molecule has 3 nitrogen and oxygen atoms in total. The van der Waals surface area contributed by atoms with Gasteiger partial charge in [0.05, 0.1) is 6.33 Å². The van der Waals surface area contributed by atoms with Gasteiger partial charge in [0.25, 0.3) is 0 Å². The van der Waals surface area contributed by atoms with Crippen LogP contribution in [0, 0.1) is 5.92 Å². The van der Waals surface area contributed by atoms with Crippen LogP contribution in [0.5, 0.6) is 0 Å². The second kappa shape index (κ2) is 4.04. The second-order valence-corrected chi connectivity index (χ2v) is 3.39. The predicted molar refractivity (Wildman–Crippen MR) is 46.8 cm³/mol. The van der Waals surface area contributed by atoms with Gasteiger partial charge in [-0.15, -0.1) is 0 Å². The van der Waals surface area contributed by atoms with E-state index in [1.165, 1.54) is 0 Å². The summed E-state index contributed by atoms with van der Waals surface area (Å²) in [4.78, 5) is 18.0. The van der Waals surface area contributed by atoms with Gasteiger partial charge in [0.2, 0.25) is 0 Å². The summed E-state index contributed by atoms with van der Waals surface area (Å²) < 4.78 is 0. The Bertz CT molecular complexity index is 239. The first-order valence-corrected chi connectivity index (χ1v) is 4.17. The topological polar surface area (TPSA) is 45.8 Å². The average Bonchev–Trinajstić information content (AvgIpc) is 2.37. The minimum absolute atomic E-state index is 0.272. The maximum Gasteiger partial charge on any atom is 0.139 e. The number of nitrogens with zero attached hydrogens (tertiary/aromatic N) is 1. The van der Waals surface area contributed by atoms with Gasteiger partial charge in [-0.3, -0.25) is 4.79 Å². The molecule has 1 rings (SSSR count). The van der Waals surface area contributed by atoms with Gasteiger partial charge >= 0.3 is 0 Å². The maximum atomic E-state index is 11.3. The van der Waals surface area contributed by atoms with E-state index in [0.717, 1.165) is 5.69 Å². The summed E-state index contributed by atoms with van der Waals surface area (Å²) in [6, 6.07) is 0. The molecular formula is C9H14N2O. The molecule has 12 heavy (non-hydrogen) atoms. The summed E-state index contributed by atoms with van der Waals surface area (Å²) in [7, 11) is 0. The highest BCUT2D eigenvalue weighted by Crippen LogP contribution is 2.03. The van der Waals surface area contributed by atoms with Crippen molar-refractivity contribution in [2.45, 2.75) is 26.7 Å². The normalized spacial score (nSPS) is 10.6. The van der Waals surface area contributed by atoms with Crippen molar-refractivity contribution in [3.05, 3.63) is 18.2 Å². The first-order valence-electron chi connectivity index (χ1n) is 4.17. The van der Waals surface area contributed by atoms with Gasteiger partial charge in [-0.1, -0.05) is 13.8 Å². The SMILES string of the molecule is CC(C)CC(=O)Cc1cnc[nH]1. The number of Topliss-reactive ketones (excluding diaryl/α,β-unsaturated/α-hetero) is 1. The van der Waals surface area contributed by atoms with Gasteiger partial charge in [0.15, 0.2) is 0 Å². The highest BCUT2D eigenvalue weighted by molar-refractivity contribution is 5.80. The zero-order chi connectivity index (χ0) is 8.97. The van der Waals surface area contributed by atoms with Crippen LogP contribution in [0.3, 0.4) is 0 Å². The highest BCUT2D eigenvalue weighted by atomic mass is 16.1. The lowest BCUT2D eigenvalue weighted by Crippen LogP contribution is -2.06. The molecule has 0 atom stereocenters. The third kappa shape index (κ3) is 2.86. The summed E-state index contributed by atoms with van der Waals surface area (Å²) in [6.45, 7) is 4.09. The van der Waals surface area contributed by atoms with Gasteiger partial charge in [-0.2, -0.15) is 0 Å². The van der Waals surface area contributed by atoms with Crippen molar-refractivity contribution in [3.63, 3.8) is 0 Å². The molecule has 0 saturated carbocycles. The fourth-order valence-corrected chi connectivity index (χ4v) is 1.12. The van der Waals surface area contributed by atoms with E-state index in [1.807, 2.05) is 13.8 Å². The summed E-state index contributed by atoms with van der Waals surface area (Å²) in [5, 5.41) is 0. The lowest BCUT2D eigenvalue weighted by molar-refractivity contribution is -0.119. The Morgan fingerprint density at radius 3 is 2.92 bits per heavy atom. The predicted octanol–water partition coefficient (Wildman–Crippen LogP) is 1.57. The van der Waals surface area contributed by atoms with Crippen LogP contribution >= 0.6 is 0 Å². The van der Waals surface area contributed by atoms with Gasteiger partial charge in [-0.05, 0) is 5.92 Å². The smallest absolute Gasteiger partial charge is 0.139 e. The van der Waals surface area contributed by atoms with E-state index in [9.17, 15) is 4.79 Å². The molecule has 1 aromatic heterocycles. The number of H-pyrrole nitrogens is 1. The Labute approximate surface area is 72.2 Å². The Morgan fingerprint density at radius 2 is 2.42 bits per heavy atom. The highest BCUT2D eigenvalue weighted by Gasteiger charge is 2.06. The average molecular weight is 166 g/mol. The van der Waals surface area contributed by atoms with Crippen LogP contribution in [-0.4, -0.2) is 15.8 Å². The van der Waals surface area contributed by atoms with Gasteiger partial charge < -0.3 is 4.98 Å². The third-order valence-corrected chi connectivity index (χ3v) is 1.58. The molecule has 0 amide bonds. The first kappa shape index (κ1) is 8.97. The minimum Gasteiger partial charge on any atom is -0.348 e. The lowest BCUT2D eigenvalue weighted by atomic mass is 10.0. The van der Waals surface area contributed by atoms with Crippen LogP contribution in [-0.2, 0) is 11.2 Å². The molecule has 66 valence electrons. The van der Waals surface area contributed by atoms with E-state index in [0.29, 0.717) is 18.8 Å². The van der Waals surface area contributed by atoms with E-state index in [4.69, 9.17) is 0 Å².